The van der Waals surface area contributed by atoms with Gasteiger partial charge in [0.2, 0.25) is 0 Å². The van der Waals surface area contributed by atoms with Gasteiger partial charge in [0, 0.05) is 17.5 Å². The third kappa shape index (κ3) is 2.94. The monoisotopic (exact) mass is 301 g/mol. The minimum atomic E-state index is 0.566. The molecule has 2 heteroatoms. The molecule has 1 aromatic heterocycles. The molecule has 2 aromatic carbocycles. The smallest absolute Gasteiger partial charge is 0.0823 e. The molecule has 1 heterocycles. The van der Waals surface area contributed by atoms with Gasteiger partial charge in [0.05, 0.1) is 17.1 Å². The molecule has 0 saturated heterocycles. The van der Waals surface area contributed by atoms with E-state index in [-0.39, 0.29) is 0 Å². The van der Waals surface area contributed by atoms with Gasteiger partial charge in [-0.2, -0.15) is 5.10 Å². The molecule has 3 aromatic rings. The molecule has 1 fully saturated rings. The van der Waals surface area contributed by atoms with Gasteiger partial charge in [-0.25, -0.2) is 4.68 Å². The highest BCUT2D eigenvalue weighted by Crippen LogP contribution is 2.34. The Hall–Kier alpha value is -2.35. The number of hydrogen-bond donors (Lipinski definition) is 0. The largest absolute Gasteiger partial charge is 0.232 e. The van der Waals surface area contributed by atoms with Crippen molar-refractivity contribution in [2.45, 2.75) is 38.0 Å². The fraction of sp³-hybridized carbons (Fsp3) is 0.286. The Bertz CT molecular complexity index is 696. The third-order valence-corrected chi connectivity index (χ3v) is 4.71. The Kier molecular flexibility index (Phi) is 3.97. The molecule has 1 radical (unpaired) electrons. The Morgan fingerprint density at radius 3 is 2.17 bits per heavy atom. The fourth-order valence-electron chi connectivity index (χ4n) is 3.46. The van der Waals surface area contributed by atoms with Gasteiger partial charge in [-0.1, -0.05) is 67.8 Å². The van der Waals surface area contributed by atoms with E-state index in [1.165, 1.54) is 37.7 Å². The maximum atomic E-state index is 4.94. The van der Waals surface area contributed by atoms with Crippen molar-refractivity contribution in [3.8, 4) is 16.9 Å². The second-order valence-corrected chi connectivity index (χ2v) is 6.31. The molecule has 0 spiro atoms. The van der Waals surface area contributed by atoms with Crippen molar-refractivity contribution < 1.29 is 0 Å². The van der Waals surface area contributed by atoms with E-state index in [4.69, 9.17) is 5.10 Å². The van der Waals surface area contributed by atoms with Crippen LogP contribution in [0.5, 0.6) is 0 Å². The molecule has 23 heavy (non-hydrogen) atoms. The van der Waals surface area contributed by atoms with Crippen LogP contribution in [0.3, 0.4) is 0 Å². The Balaban J connectivity index is 1.81. The van der Waals surface area contributed by atoms with E-state index >= 15 is 0 Å². The normalized spacial score (nSPS) is 15.7. The van der Waals surface area contributed by atoms with Crippen LogP contribution in [-0.4, -0.2) is 9.78 Å². The van der Waals surface area contributed by atoms with Crippen molar-refractivity contribution in [2.24, 2.45) is 0 Å². The van der Waals surface area contributed by atoms with E-state index in [9.17, 15) is 0 Å². The first kappa shape index (κ1) is 14.3. The van der Waals surface area contributed by atoms with Gasteiger partial charge in [-0.05, 0) is 25.0 Å². The van der Waals surface area contributed by atoms with E-state index < -0.39 is 0 Å². The van der Waals surface area contributed by atoms with Crippen molar-refractivity contribution in [2.75, 3.05) is 0 Å². The maximum absolute atomic E-state index is 4.94. The van der Waals surface area contributed by atoms with Crippen molar-refractivity contribution in [3.05, 3.63) is 72.4 Å². The SMILES string of the molecule is [c]1c(C2CCCCC2)nn(-c2ccccc2)c1-c1ccccc1. The summed E-state index contributed by atoms with van der Waals surface area (Å²) in [7, 11) is 0. The Morgan fingerprint density at radius 2 is 1.48 bits per heavy atom. The number of hydrogen-bond acceptors (Lipinski definition) is 1. The molecule has 1 saturated carbocycles. The predicted molar refractivity (Wildman–Crippen MR) is 93.7 cm³/mol. The molecule has 1 aliphatic carbocycles. The highest BCUT2D eigenvalue weighted by molar-refractivity contribution is 5.62. The van der Waals surface area contributed by atoms with Crippen molar-refractivity contribution in [3.63, 3.8) is 0 Å². The van der Waals surface area contributed by atoms with E-state index in [0.29, 0.717) is 5.92 Å². The molecule has 0 unspecified atom stereocenters. The zero-order valence-electron chi connectivity index (χ0n) is 13.3. The average Bonchev–Trinajstić information content (AvgIpc) is 3.09. The molecule has 0 atom stereocenters. The van der Waals surface area contributed by atoms with E-state index in [0.717, 1.165) is 17.1 Å². The fourth-order valence-corrected chi connectivity index (χ4v) is 3.46. The van der Waals surface area contributed by atoms with E-state index in [1.54, 1.807) is 0 Å². The molecule has 0 aliphatic heterocycles. The Labute approximate surface area is 137 Å². The average molecular weight is 301 g/mol. The third-order valence-electron chi connectivity index (χ3n) is 4.71. The summed E-state index contributed by atoms with van der Waals surface area (Å²) in [6, 6.07) is 24.5. The molecule has 0 bridgehead atoms. The summed E-state index contributed by atoms with van der Waals surface area (Å²) >= 11 is 0. The van der Waals surface area contributed by atoms with Crippen LogP contribution in [0.4, 0.5) is 0 Å². The molecule has 0 N–H and O–H groups in total. The van der Waals surface area contributed by atoms with Gasteiger partial charge in [0.1, 0.15) is 0 Å². The quantitative estimate of drug-likeness (QED) is 0.634. The summed E-state index contributed by atoms with van der Waals surface area (Å²) in [6.07, 6.45) is 6.49. The van der Waals surface area contributed by atoms with Crippen LogP contribution in [0.1, 0.15) is 43.7 Å². The topological polar surface area (TPSA) is 17.8 Å². The standard InChI is InChI=1S/C21H21N2/c1-4-10-17(11-5-1)20-16-21(18-12-6-2-7-13-18)23(22-20)19-14-8-3-9-15-19/h2-3,6-9,12-15,17H,1,4-5,10-11H2. The number of aromatic nitrogens is 2. The van der Waals surface area contributed by atoms with Gasteiger partial charge in [0.15, 0.2) is 0 Å². The van der Waals surface area contributed by atoms with Gasteiger partial charge < -0.3 is 0 Å². The zero-order valence-corrected chi connectivity index (χ0v) is 13.3. The van der Waals surface area contributed by atoms with Crippen molar-refractivity contribution in [1.82, 2.24) is 9.78 Å². The molecule has 115 valence electrons. The summed E-state index contributed by atoms with van der Waals surface area (Å²) in [5.74, 6) is 0.566. The first-order valence-electron chi connectivity index (χ1n) is 8.55. The van der Waals surface area contributed by atoms with Crippen LogP contribution >= 0.6 is 0 Å². The molecular formula is C21H21N2. The minimum Gasteiger partial charge on any atom is -0.232 e. The first-order valence-corrected chi connectivity index (χ1v) is 8.55. The zero-order chi connectivity index (χ0) is 15.5. The molecule has 4 rings (SSSR count). The van der Waals surface area contributed by atoms with Crippen molar-refractivity contribution in [1.29, 1.82) is 0 Å². The van der Waals surface area contributed by atoms with Crippen LogP contribution in [0.25, 0.3) is 16.9 Å². The summed E-state index contributed by atoms with van der Waals surface area (Å²) in [6.45, 7) is 0. The highest BCUT2D eigenvalue weighted by atomic mass is 15.3. The van der Waals surface area contributed by atoms with E-state index in [2.05, 4.69) is 65.3 Å². The molecule has 2 nitrogen and oxygen atoms in total. The summed E-state index contributed by atoms with van der Waals surface area (Å²) < 4.78 is 2.05. The minimum absolute atomic E-state index is 0.566. The van der Waals surface area contributed by atoms with Crippen LogP contribution in [0.15, 0.2) is 60.7 Å². The summed E-state index contributed by atoms with van der Waals surface area (Å²) in [4.78, 5) is 0. The first-order chi connectivity index (χ1) is 11.4. The molecule has 0 amide bonds. The number of rotatable bonds is 3. The molecular weight excluding hydrogens is 280 g/mol. The lowest BCUT2D eigenvalue weighted by atomic mass is 9.87. The van der Waals surface area contributed by atoms with Crippen LogP contribution < -0.4 is 0 Å². The van der Waals surface area contributed by atoms with Crippen LogP contribution in [-0.2, 0) is 0 Å². The lowest BCUT2D eigenvalue weighted by Gasteiger charge is -2.19. The Morgan fingerprint density at radius 1 is 0.826 bits per heavy atom. The number of nitrogens with zero attached hydrogens (tertiary/aromatic N) is 2. The number of para-hydroxylation sites is 1. The predicted octanol–water partition coefficient (Wildman–Crippen LogP) is 5.39. The lowest BCUT2D eigenvalue weighted by molar-refractivity contribution is 0.434. The van der Waals surface area contributed by atoms with Crippen LogP contribution in [0.2, 0.25) is 0 Å². The van der Waals surface area contributed by atoms with Crippen LogP contribution in [0, 0.1) is 6.07 Å². The van der Waals surface area contributed by atoms with E-state index in [1.807, 2.05) is 6.07 Å². The highest BCUT2D eigenvalue weighted by Gasteiger charge is 2.21. The van der Waals surface area contributed by atoms with Crippen molar-refractivity contribution >= 4 is 0 Å². The molecule has 1 aliphatic rings. The maximum Gasteiger partial charge on any atom is 0.0823 e. The lowest BCUT2D eigenvalue weighted by Crippen LogP contribution is -2.06. The summed E-state index contributed by atoms with van der Waals surface area (Å²) in [5.41, 5.74) is 4.47. The second-order valence-electron chi connectivity index (χ2n) is 6.31. The number of benzene rings is 2. The van der Waals surface area contributed by atoms with Gasteiger partial charge in [-0.15, -0.1) is 0 Å². The van der Waals surface area contributed by atoms with Gasteiger partial charge >= 0.3 is 0 Å². The summed E-state index contributed by atoms with van der Waals surface area (Å²) in [5, 5.41) is 4.94. The second kappa shape index (κ2) is 6.41. The van der Waals surface area contributed by atoms with Gasteiger partial charge in [-0.3, -0.25) is 0 Å². The van der Waals surface area contributed by atoms with Gasteiger partial charge in [0.25, 0.3) is 0 Å².